The fourth-order valence-corrected chi connectivity index (χ4v) is 5.15. The molecule has 4 heteroatoms. The minimum atomic E-state index is -0.527. The van der Waals surface area contributed by atoms with E-state index in [2.05, 4.69) is 26.0 Å². The average Bonchev–Trinajstić information content (AvgIpc) is 2.96. The van der Waals surface area contributed by atoms with E-state index in [9.17, 15) is 9.90 Å². The van der Waals surface area contributed by atoms with E-state index in [4.69, 9.17) is 9.47 Å². The highest BCUT2D eigenvalue weighted by atomic mass is 16.6. The van der Waals surface area contributed by atoms with Gasteiger partial charge in [0.1, 0.15) is 6.10 Å². The van der Waals surface area contributed by atoms with E-state index in [1.54, 1.807) is 0 Å². The molecule has 0 aliphatic carbocycles. The van der Waals surface area contributed by atoms with Crippen LogP contribution in [0.25, 0.3) is 0 Å². The molecular weight excluding hydrogens is 496 g/mol. The number of hydrogen-bond donors (Lipinski definition) is 1. The molecule has 0 aromatic heterocycles. The number of aliphatic hydroxyl groups is 1. The maximum Gasteiger partial charge on any atom is 0.306 e. The summed E-state index contributed by atoms with van der Waals surface area (Å²) in [6, 6.07) is 0. The Morgan fingerprint density at radius 1 is 0.575 bits per heavy atom. The zero-order valence-corrected chi connectivity index (χ0v) is 27.1. The van der Waals surface area contributed by atoms with Gasteiger partial charge < -0.3 is 14.6 Å². The Kier molecular flexibility index (Phi) is 33.6. The van der Waals surface area contributed by atoms with E-state index < -0.39 is 6.10 Å². The van der Waals surface area contributed by atoms with Crippen LogP contribution in [-0.4, -0.2) is 37.0 Å². The first kappa shape index (κ1) is 39.1. The number of carbonyl (C=O) groups is 1. The van der Waals surface area contributed by atoms with Gasteiger partial charge in [0.2, 0.25) is 0 Å². The van der Waals surface area contributed by atoms with Gasteiger partial charge in [-0.25, -0.2) is 0 Å². The third kappa shape index (κ3) is 31.7. The quantitative estimate of drug-likeness (QED) is 0.0487. The van der Waals surface area contributed by atoms with Crippen LogP contribution in [0.1, 0.15) is 187 Å². The lowest BCUT2D eigenvalue weighted by molar-refractivity contribution is -0.154. The van der Waals surface area contributed by atoms with Crippen molar-refractivity contribution in [1.82, 2.24) is 0 Å². The highest BCUT2D eigenvalue weighted by molar-refractivity contribution is 5.69. The topological polar surface area (TPSA) is 55.8 Å². The second-order valence-electron chi connectivity index (χ2n) is 11.9. The van der Waals surface area contributed by atoms with Crippen LogP contribution in [0.2, 0.25) is 0 Å². The molecule has 0 saturated carbocycles. The summed E-state index contributed by atoms with van der Waals surface area (Å²) in [4.78, 5) is 12.1. The van der Waals surface area contributed by atoms with Crippen LogP contribution >= 0.6 is 0 Å². The van der Waals surface area contributed by atoms with Crippen molar-refractivity contribution in [1.29, 1.82) is 0 Å². The van der Waals surface area contributed by atoms with Crippen molar-refractivity contribution in [2.24, 2.45) is 0 Å². The standard InChI is InChI=1S/C36H70O4/c1-3-5-7-9-11-13-15-16-17-18-19-20-21-22-24-26-28-30-32-39-34-35(33-37)40-36(38)31-29-27-25-23-14-12-10-8-6-4-2/h16-17,35,37H,3-15,18-34H2,1-2H3/b17-16-. The molecule has 4 nitrogen and oxygen atoms in total. The normalized spacial score (nSPS) is 12.4. The second-order valence-corrected chi connectivity index (χ2v) is 11.9. The summed E-state index contributed by atoms with van der Waals surface area (Å²) in [6.07, 6.45) is 38.2. The first-order chi connectivity index (χ1) is 19.7. The molecule has 1 atom stereocenters. The smallest absolute Gasteiger partial charge is 0.306 e. The molecule has 0 rings (SSSR count). The molecule has 0 bridgehead atoms. The van der Waals surface area contributed by atoms with Gasteiger partial charge in [-0.3, -0.25) is 4.79 Å². The van der Waals surface area contributed by atoms with E-state index in [0.29, 0.717) is 19.6 Å². The number of rotatable bonds is 33. The molecule has 40 heavy (non-hydrogen) atoms. The summed E-state index contributed by atoms with van der Waals surface area (Å²) >= 11 is 0. The summed E-state index contributed by atoms with van der Waals surface area (Å²) in [6.45, 7) is 5.34. The highest BCUT2D eigenvalue weighted by Gasteiger charge is 2.13. The first-order valence-electron chi connectivity index (χ1n) is 17.8. The van der Waals surface area contributed by atoms with Gasteiger partial charge in [0.25, 0.3) is 0 Å². The van der Waals surface area contributed by atoms with Gasteiger partial charge >= 0.3 is 5.97 Å². The summed E-state index contributed by atoms with van der Waals surface area (Å²) in [5, 5.41) is 9.52. The maximum atomic E-state index is 12.1. The first-order valence-corrected chi connectivity index (χ1v) is 17.8. The zero-order valence-electron chi connectivity index (χ0n) is 27.1. The van der Waals surface area contributed by atoms with Crippen molar-refractivity contribution < 1.29 is 19.4 Å². The molecule has 0 heterocycles. The molecular formula is C36H70O4. The van der Waals surface area contributed by atoms with Gasteiger partial charge in [-0.1, -0.05) is 154 Å². The lowest BCUT2D eigenvalue weighted by Gasteiger charge is -2.16. The largest absolute Gasteiger partial charge is 0.457 e. The number of aliphatic hydroxyl groups excluding tert-OH is 1. The lowest BCUT2D eigenvalue weighted by Crippen LogP contribution is -2.27. The van der Waals surface area contributed by atoms with Gasteiger partial charge in [0.15, 0.2) is 0 Å². The zero-order chi connectivity index (χ0) is 29.2. The molecule has 0 spiro atoms. The lowest BCUT2D eigenvalue weighted by atomic mass is 10.1. The predicted octanol–water partition coefficient (Wildman–Crippen LogP) is 11.0. The molecule has 0 aliphatic rings. The van der Waals surface area contributed by atoms with Crippen molar-refractivity contribution in [3.63, 3.8) is 0 Å². The van der Waals surface area contributed by atoms with Crippen LogP contribution < -0.4 is 0 Å². The van der Waals surface area contributed by atoms with Gasteiger partial charge in [-0.15, -0.1) is 0 Å². The summed E-state index contributed by atoms with van der Waals surface area (Å²) in [5.41, 5.74) is 0. The number of allylic oxidation sites excluding steroid dienone is 2. The van der Waals surface area contributed by atoms with Crippen molar-refractivity contribution in [3.05, 3.63) is 12.2 Å². The number of ether oxygens (including phenoxy) is 2. The fraction of sp³-hybridized carbons (Fsp3) is 0.917. The monoisotopic (exact) mass is 567 g/mol. The molecule has 0 radical (unpaired) electrons. The Morgan fingerprint density at radius 2 is 0.975 bits per heavy atom. The average molecular weight is 567 g/mol. The van der Waals surface area contributed by atoms with Crippen LogP contribution in [0.3, 0.4) is 0 Å². The summed E-state index contributed by atoms with van der Waals surface area (Å²) < 4.78 is 11.1. The SMILES string of the molecule is CCCCCCCC/C=C\CCCCCCCCCCOCC(CO)OC(=O)CCCCCCCCCCCC. The third-order valence-electron chi connectivity index (χ3n) is 7.84. The number of esters is 1. The molecule has 0 fully saturated rings. The van der Waals surface area contributed by atoms with Gasteiger partial charge in [-0.05, 0) is 38.5 Å². The van der Waals surface area contributed by atoms with Crippen molar-refractivity contribution in [2.75, 3.05) is 19.8 Å². The Labute approximate surface area is 250 Å². The van der Waals surface area contributed by atoms with Crippen LogP contribution in [0, 0.1) is 0 Å². The minimum absolute atomic E-state index is 0.168. The highest BCUT2D eigenvalue weighted by Crippen LogP contribution is 2.13. The van der Waals surface area contributed by atoms with Crippen molar-refractivity contribution in [2.45, 2.75) is 193 Å². The van der Waals surface area contributed by atoms with Gasteiger partial charge in [0, 0.05) is 13.0 Å². The van der Waals surface area contributed by atoms with E-state index in [1.165, 1.54) is 148 Å². The molecule has 0 amide bonds. The molecule has 1 N–H and O–H groups in total. The van der Waals surface area contributed by atoms with Crippen molar-refractivity contribution in [3.8, 4) is 0 Å². The van der Waals surface area contributed by atoms with Gasteiger partial charge in [-0.2, -0.15) is 0 Å². The predicted molar refractivity (Wildman–Crippen MR) is 173 cm³/mol. The number of hydrogen-bond acceptors (Lipinski definition) is 4. The van der Waals surface area contributed by atoms with Crippen LogP contribution in [-0.2, 0) is 14.3 Å². The number of unbranched alkanes of at least 4 members (excludes halogenated alkanes) is 23. The second kappa shape index (κ2) is 34.3. The molecule has 0 saturated heterocycles. The summed E-state index contributed by atoms with van der Waals surface area (Å²) in [5.74, 6) is -0.202. The Hall–Kier alpha value is -0.870. The maximum absolute atomic E-state index is 12.1. The molecule has 1 unspecified atom stereocenters. The van der Waals surface area contributed by atoms with Crippen LogP contribution in [0.5, 0.6) is 0 Å². The molecule has 238 valence electrons. The molecule has 0 aromatic carbocycles. The van der Waals surface area contributed by atoms with Gasteiger partial charge in [0.05, 0.1) is 13.2 Å². The molecule has 0 aromatic rings. The Balaban J connectivity index is 3.40. The van der Waals surface area contributed by atoms with E-state index in [0.717, 1.165) is 19.3 Å². The van der Waals surface area contributed by atoms with E-state index in [1.807, 2.05) is 0 Å². The Morgan fingerprint density at radius 3 is 1.43 bits per heavy atom. The van der Waals surface area contributed by atoms with E-state index in [-0.39, 0.29) is 12.6 Å². The van der Waals surface area contributed by atoms with Crippen LogP contribution in [0.4, 0.5) is 0 Å². The number of carbonyl (C=O) groups excluding carboxylic acids is 1. The minimum Gasteiger partial charge on any atom is -0.457 e. The van der Waals surface area contributed by atoms with Crippen LogP contribution in [0.15, 0.2) is 12.2 Å². The molecule has 0 aliphatic heterocycles. The van der Waals surface area contributed by atoms with Crippen molar-refractivity contribution >= 4 is 5.97 Å². The third-order valence-corrected chi connectivity index (χ3v) is 7.84. The summed E-state index contributed by atoms with van der Waals surface area (Å²) in [7, 11) is 0. The van der Waals surface area contributed by atoms with E-state index >= 15 is 0 Å². The fourth-order valence-electron chi connectivity index (χ4n) is 5.15. The Bertz CT molecular complexity index is 519.